The Kier molecular flexibility index (Phi) is 9.34. The normalized spacial score (nSPS) is 13.1. The molecule has 60 heavy (non-hydrogen) atoms. The summed E-state index contributed by atoms with van der Waals surface area (Å²) in [7, 11) is 0. The lowest BCUT2D eigenvalue weighted by molar-refractivity contribution is 0.394. The highest BCUT2D eigenvalue weighted by Crippen LogP contribution is 2.45. The summed E-state index contributed by atoms with van der Waals surface area (Å²) in [6.45, 7) is 5.77. The third kappa shape index (κ3) is 6.22. The quantitative estimate of drug-likeness (QED) is 0.0911. The molecular weight excluding hydrogens is 723 g/mol. The van der Waals surface area contributed by atoms with Crippen molar-refractivity contribution in [2.24, 2.45) is 5.92 Å². The molecule has 1 nitrogen and oxygen atoms in total. The zero-order valence-corrected chi connectivity index (χ0v) is 34.8. The number of aromatic nitrogens is 1. The Hall–Kier alpha value is -6.44. The summed E-state index contributed by atoms with van der Waals surface area (Å²) in [4.78, 5) is 0. The molecule has 0 spiro atoms. The minimum absolute atomic E-state index is 0.641. The van der Waals surface area contributed by atoms with E-state index < -0.39 is 0 Å². The maximum absolute atomic E-state index is 2.73. The Morgan fingerprint density at radius 3 is 1.80 bits per heavy atom. The Morgan fingerprint density at radius 1 is 0.450 bits per heavy atom. The van der Waals surface area contributed by atoms with E-state index in [0.29, 0.717) is 5.92 Å². The van der Waals surface area contributed by atoms with Gasteiger partial charge in [-0.25, -0.2) is 0 Å². The van der Waals surface area contributed by atoms with E-state index in [0.717, 1.165) is 13.0 Å². The molecule has 9 aromatic carbocycles. The van der Waals surface area contributed by atoms with Crippen LogP contribution in [0.15, 0.2) is 164 Å². The number of fused-ring (bicyclic) bond motifs is 10. The van der Waals surface area contributed by atoms with E-state index in [1.54, 1.807) is 0 Å². The largest absolute Gasteiger partial charge is 0.340 e. The molecule has 0 fully saturated rings. The van der Waals surface area contributed by atoms with Crippen LogP contribution < -0.4 is 0 Å². The molecule has 0 bridgehead atoms. The van der Waals surface area contributed by atoms with Crippen molar-refractivity contribution in [3.05, 3.63) is 175 Å². The fraction of sp³-hybridized carbons (Fsp3) is 0.186. The molecule has 10 aromatic rings. The summed E-state index contributed by atoms with van der Waals surface area (Å²) in [6, 6.07) is 59.6. The molecule has 0 saturated carbocycles. The van der Waals surface area contributed by atoms with Gasteiger partial charge in [0.15, 0.2) is 0 Å². The minimum atomic E-state index is 0.641. The molecule has 11 rings (SSSR count). The average Bonchev–Trinajstić information content (AvgIpc) is 3.61. The lowest BCUT2D eigenvalue weighted by Crippen LogP contribution is -2.10. The predicted octanol–water partition coefficient (Wildman–Crippen LogP) is 17.0. The first-order valence-electron chi connectivity index (χ1n) is 22.4. The number of benzene rings is 9. The van der Waals surface area contributed by atoms with Gasteiger partial charge in [0.1, 0.15) is 0 Å². The topological polar surface area (TPSA) is 4.93 Å². The van der Waals surface area contributed by atoms with Crippen molar-refractivity contribution >= 4 is 71.0 Å². The average molecular weight is 774 g/mol. The van der Waals surface area contributed by atoms with Crippen molar-refractivity contribution in [1.29, 1.82) is 0 Å². The van der Waals surface area contributed by atoms with Crippen LogP contribution in [-0.4, -0.2) is 4.57 Å². The molecule has 0 radical (unpaired) electrons. The fourth-order valence-corrected chi connectivity index (χ4v) is 10.5. The van der Waals surface area contributed by atoms with Crippen LogP contribution in [0.2, 0.25) is 0 Å². The molecule has 1 heteroatoms. The van der Waals surface area contributed by atoms with Crippen molar-refractivity contribution < 1.29 is 0 Å². The molecular formula is C59H51N. The molecule has 0 N–H and O–H groups in total. The zero-order valence-electron chi connectivity index (χ0n) is 34.8. The first-order chi connectivity index (χ1) is 29.7. The van der Waals surface area contributed by atoms with Crippen LogP contribution in [0.5, 0.6) is 0 Å². The van der Waals surface area contributed by atoms with Gasteiger partial charge in [0, 0.05) is 22.8 Å². The van der Waals surface area contributed by atoms with Gasteiger partial charge in [-0.2, -0.15) is 0 Å². The number of nitrogens with zero attached hydrogens (tertiary/aromatic N) is 1. The van der Waals surface area contributed by atoms with Crippen molar-refractivity contribution in [2.45, 2.75) is 65.3 Å². The highest BCUT2D eigenvalue weighted by molar-refractivity contribution is 6.31. The van der Waals surface area contributed by atoms with Crippen LogP contribution in [-0.2, 0) is 13.0 Å². The smallest absolute Gasteiger partial charge is 0.0500 e. The SMILES string of the molecule is CCCCCCC(CC)Cn1c2cc3c4ccc(-c5cccc(-c6cccc(-c7ccccc7)c6)c5)cc4c4ccccc4c3cc2c2c3cccc4c3c(cc21)CC=C4. The van der Waals surface area contributed by atoms with Crippen molar-refractivity contribution in [3.63, 3.8) is 0 Å². The minimum Gasteiger partial charge on any atom is -0.340 e. The summed E-state index contributed by atoms with van der Waals surface area (Å²) < 4.78 is 2.73. The van der Waals surface area contributed by atoms with Gasteiger partial charge >= 0.3 is 0 Å². The van der Waals surface area contributed by atoms with Gasteiger partial charge in [0.2, 0.25) is 0 Å². The number of hydrogen-bond acceptors (Lipinski definition) is 0. The second kappa shape index (κ2) is 15.3. The summed E-state index contributed by atoms with van der Waals surface area (Å²) in [5.74, 6) is 0.641. The van der Waals surface area contributed by atoms with Crippen LogP contribution in [0.3, 0.4) is 0 Å². The van der Waals surface area contributed by atoms with Crippen molar-refractivity contribution in [3.8, 4) is 33.4 Å². The molecule has 1 unspecified atom stereocenters. The summed E-state index contributed by atoms with van der Waals surface area (Å²) in [5.41, 5.74) is 13.0. The highest BCUT2D eigenvalue weighted by Gasteiger charge is 2.22. The number of rotatable bonds is 11. The Morgan fingerprint density at radius 2 is 1.07 bits per heavy atom. The van der Waals surface area contributed by atoms with Crippen molar-refractivity contribution in [1.82, 2.24) is 4.57 Å². The summed E-state index contributed by atoms with van der Waals surface area (Å²) in [6.07, 6.45) is 13.4. The molecule has 0 aliphatic heterocycles. The van der Waals surface area contributed by atoms with Crippen LogP contribution in [0.1, 0.15) is 63.5 Å². The zero-order chi connectivity index (χ0) is 40.2. The molecule has 1 aliphatic carbocycles. The van der Waals surface area contributed by atoms with Gasteiger partial charge in [-0.1, -0.05) is 179 Å². The Balaban J connectivity index is 1.11. The van der Waals surface area contributed by atoms with Gasteiger partial charge in [-0.05, 0) is 143 Å². The van der Waals surface area contributed by atoms with E-state index in [4.69, 9.17) is 0 Å². The summed E-state index contributed by atoms with van der Waals surface area (Å²) >= 11 is 0. The molecule has 1 heterocycles. The fourth-order valence-electron chi connectivity index (χ4n) is 10.5. The molecule has 1 aliphatic rings. The van der Waals surface area contributed by atoms with Crippen LogP contribution in [0.25, 0.3) is 104 Å². The maximum Gasteiger partial charge on any atom is 0.0500 e. The van der Waals surface area contributed by atoms with Gasteiger partial charge in [-0.3, -0.25) is 0 Å². The first-order valence-corrected chi connectivity index (χ1v) is 22.4. The third-order valence-electron chi connectivity index (χ3n) is 13.7. The molecule has 0 amide bonds. The van der Waals surface area contributed by atoms with E-state index >= 15 is 0 Å². The summed E-state index contributed by atoms with van der Waals surface area (Å²) in [5, 5.41) is 13.6. The number of unbranched alkanes of at least 4 members (excludes halogenated alkanes) is 3. The van der Waals surface area contributed by atoms with E-state index in [1.165, 1.54) is 148 Å². The Bertz CT molecular complexity index is 3290. The highest BCUT2D eigenvalue weighted by atomic mass is 15.0. The van der Waals surface area contributed by atoms with E-state index in [-0.39, 0.29) is 0 Å². The molecule has 1 aromatic heterocycles. The van der Waals surface area contributed by atoms with Crippen LogP contribution >= 0.6 is 0 Å². The first kappa shape index (κ1) is 36.6. The lowest BCUT2D eigenvalue weighted by Gasteiger charge is -2.19. The van der Waals surface area contributed by atoms with Gasteiger partial charge in [-0.15, -0.1) is 0 Å². The van der Waals surface area contributed by atoms with Gasteiger partial charge in [0.25, 0.3) is 0 Å². The molecule has 0 saturated heterocycles. The van der Waals surface area contributed by atoms with Gasteiger partial charge < -0.3 is 4.57 Å². The van der Waals surface area contributed by atoms with Crippen LogP contribution in [0.4, 0.5) is 0 Å². The van der Waals surface area contributed by atoms with E-state index in [9.17, 15) is 0 Å². The Labute approximate surface area is 353 Å². The van der Waals surface area contributed by atoms with E-state index in [1.807, 2.05) is 0 Å². The third-order valence-corrected chi connectivity index (χ3v) is 13.7. The van der Waals surface area contributed by atoms with E-state index in [2.05, 4.69) is 188 Å². The molecule has 1 atom stereocenters. The van der Waals surface area contributed by atoms with Crippen LogP contribution in [0, 0.1) is 5.92 Å². The predicted molar refractivity (Wildman–Crippen MR) is 261 cm³/mol. The molecule has 292 valence electrons. The second-order valence-electron chi connectivity index (χ2n) is 17.3. The standard InChI is InChI=1S/C59H51N/c1-3-5-6-8-17-39(4-2)38-60-56-37-54-50-31-30-46(45-25-15-24-44(33-45)43-23-14-22-42(32-43)40-18-9-7-10-19-40)34-52(50)48-27-11-12-28-49(48)53(54)36-55(56)59-51-29-16-21-41-20-13-26-47(58(41)51)35-57(59)60/h7,9-16,18-25,27-37,39H,3-6,8,17,26,38H2,1-2H3. The lowest BCUT2D eigenvalue weighted by atomic mass is 9.89. The number of allylic oxidation sites excluding steroid dienone is 1. The van der Waals surface area contributed by atoms with Crippen molar-refractivity contribution in [2.75, 3.05) is 0 Å². The maximum atomic E-state index is 2.73. The number of hydrogen-bond donors (Lipinski definition) is 0. The monoisotopic (exact) mass is 773 g/mol. The van der Waals surface area contributed by atoms with Gasteiger partial charge in [0.05, 0.1) is 5.52 Å². The second-order valence-corrected chi connectivity index (χ2v) is 17.3.